The minimum Gasteiger partial charge on any atom is -0.478 e. The van der Waals surface area contributed by atoms with Crippen molar-refractivity contribution in [3.8, 4) is 0 Å². The topological polar surface area (TPSA) is 62.2 Å². The van der Waals surface area contributed by atoms with E-state index in [4.69, 9.17) is 5.11 Å². The van der Waals surface area contributed by atoms with Gasteiger partial charge in [0.25, 0.3) is 0 Å². The number of carbonyl (C=O) groups is 1. The monoisotopic (exact) mass is 234 g/mol. The van der Waals surface area contributed by atoms with Crippen molar-refractivity contribution in [3.05, 3.63) is 41.6 Å². The molecule has 0 aliphatic heterocycles. The molecule has 0 atom stereocenters. The van der Waals surface area contributed by atoms with E-state index < -0.39 is 5.97 Å². The molecule has 0 radical (unpaired) electrons. The Morgan fingerprint density at radius 3 is 2.81 bits per heavy atom. The summed E-state index contributed by atoms with van der Waals surface area (Å²) in [5.74, 6) is -0.940. The third kappa shape index (κ3) is 2.20. The van der Waals surface area contributed by atoms with Crippen LogP contribution in [0, 0.1) is 6.92 Å². The number of aromatic nitrogens is 1. The number of carboxylic acids is 1. The van der Waals surface area contributed by atoms with Gasteiger partial charge in [-0.25, -0.2) is 4.79 Å². The molecule has 0 bridgehead atoms. The lowest BCUT2D eigenvalue weighted by Gasteiger charge is -2.06. The quantitative estimate of drug-likeness (QED) is 0.857. The van der Waals surface area contributed by atoms with Crippen molar-refractivity contribution >= 4 is 28.2 Å². The molecule has 1 aromatic heterocycles. The maximum atomic E-state index is 11.0. The van der Waals surface area contributed by atoms with Crippen molar-refractivity contribution in [2.45, 2.75) is 6.92 Å². The van der Waals surface area contributed by atoms with Gasteiger partial charge in [0, 0.05) is 0 Å². The molecule has 2 aromatic rings. The highest BCUT2D eigenvalue weighted by Gasteiger charge is 2.09. The minimum atomic E-state index is -0.940. The molecule has 4 nitrogen and oxygen atoms in total. The molecule has 0 amide bonds. The van der Waals surface area contributed by atoms with Crippen LogP contribution in [-0.2, 0) is 0 Å². The summed E-state index contributed by atoms with van der Waals surface area (Å²) in [6.07, 6.45) is 0. The van der Waals surface area contributed by atoms with Crippen LogP contribution in [0.3, 0.4) is 0 Å². The second kappa shape index (κ2) is 4.32. The number of hydrogen-bond donors (Lipinski definition) is 2. The van der Waals surface area contributed by atoms with E-state index in [9.17, 15) is 4.79 Å². The average Bonchev–Trinajstić information content (AvgIpc) is 2.64. The van der Waals surface area contributed by atoms with E-state index >= 15 is 0 Å². The van der Waals surface area contributed by atoms with Crippen LogP contribution < -0.4 is 5.32 Å². The maximum absolute atomic E-state index is 11.0. The van der Waals surface area contributed by atoms with Gasteiger partial charge < -0.3 is 10.4 Å². The van der Waals surface area contributed by atoms with Crippen LogP contribution in [-0.4, -0.2) is 15.4 Å². The Kier molecular flexibility index (Phi) is 2.87. The summed E-state index contributed by atoms with van der Waals surface area (Å²) < 4.78 is 4.12. The highest BCUT2D eigenvalue weighted by Crippen LogP contribution is 2.24. The van der Waals surface area contributed by atoms with E-state index in [2.05, 4.69) is 9.69 Å². The standard InChI is InChI=1S/C11H10N2O2S/c1-7-6-10(16-13-7)12-9-5-3-2-4-8(9)11(14)15/h2-6,12H,1H3,(H,14,15). The second-order valence-corrected chi connectivity index (χ2v) is 4.11. The van der Waals surface area contributed by atoms with Gasteiger partial charge in [-0.1, -0.05) is 12.1 Å². The predicted molar refractivity (Wildman–Crippen MR) is 63.5 cm³/mol. The Bertz CT molecular complexity index is 522. The van der Waals surface area contributed by atoms with E-state index in [-0.39, 0.29) is 5.56 Å². The molecule has 0 unspecified atom stereocenters. The van der Waals surface area contributed by atoms with E-state index in [1.807, 2.05) is 13.0 Å². The molecule has 0 aliphatic carbocycles. The van der Waals surface area contributed by atoms with Crippen LogP contribution in [0.5, 0.6) is 0 Å². The van der Waals surface area contributed by atoms with E-state index in [0.717, 1.165) is 10.7 Å². The summed E-state index contributed by atoms with van der Waals surface area (Å²) in [6, 6.07) is 8.68. The normalized spacial score (nSPS) is 10.1. The molecule has 1 aromatic carbocycles. The largest absolute Gasteiger partial charge is 0.478 e. The zero-order valence-electron chi connectivity index (χ0n) is 8.60. The fourth-order valence-electron chi connectivity index (χ4n) is 1.33. The molecule has 16 heavy (non-hydrogen) atoms. The van der Waals surface area contributed by atoms with Gasteiger partial charge in [0.15, 0.2) is 0 Å². The third-order valence-electron chi connectivity index (χ3n) is 2.04. The fourth-order valence-corrected chi connectivity index (χ4v) is 2.01. The molecule has 0 saturated heterocycles. The summed E-state index contributed by atoms with van der Waals surface area (Å²) in [5.41, 5.74) is 1.76. The van der Waals surface area contributed by atoms with Crippen molar-refractivity contribution in [2.24, 2.45) is 0 Å². The molecule has 2 rings (SSSR count). The molecular weight excluding hydrogens is 224 g/mol. The Morgan fingerprint density at radius 1 is 1.44 bits per heavy atom. The van der Waals surface area contributed by atoms with Crippen molar-refractivity contribution in [1.82, 2.24) is 4.37 Å². The zero-order chi connectivity index (χ0) is 11.5. The van der Waals surface area contributed by atoms with Gasteiger partial charge in [-0.2, -0.15) is 4.37 Å². The highest BCUT2D eigenvalue weighted by molar-refractivity contribution is 7.10. The number of para-hydroxylation sites is 1. The SMILES string of the molecule is Cc1cc(Nc2ccccc2C(=O)O)sn1. The number of nitrogens with zero attached hydrogens (tertiary/aromatic N) is 1. The van der Waals surface area contributed by atoms with Gasteiger partial charge in [-0.15, -0.1) is 0 Å². The van der Waals surface area contributed by atoms with Crippen LogP contribution in [0.2, 0.25) is 0 Å². The van der Waals surface area contributed by atoms with Crippen LogP contribution in [0.4, 0.5) is 10.7 Å². The first-order valence-corrected chi connectivity index (χ1v) is 5.47. The van der Waals surface area contributed by atoms with Crippen molar-refractivity contribution in [1.29, 1.82) is 0 Å². The lowest BCUT2D eigenvalue weighted by atomic mass is 10.2. The summed E-state index contributed by atoms with van der Waals surface area (Å²) >= 11 is 1.31. The van der Waals surface area contributed by atoms with Crippen LogP contribution in [0.25, 0.3) is 0 Å². The molecule has 5 heteroatoms. The summed E-state index contributed by atoms with van der Waals surface area (Å²) in [6.45, 7) is 1.89. The number of carboxylic acid groups (broad SMARTS) is 1. The summed E-state index contributed by atoms with van der Waals surface area (Å²) in [5, 5.41) is 12.9. The van der Waals surface area contributed by atoms with Gasteiger partial charge in [0.2, 0.25) is 0 Å². The van der Waals surface area contributed by atoms with Crippen LogP contribution in [0.15, 0.2) is 30.3 Å². The van der Waals surface area contributed by atoms with Crippen LogP contribution in [0.1, 0.15) is 16.1 Å². The second-order valence-electron chi connectivity index (χ2n) is 3.31. The number of anilines is 2. The Morgan fingerprint density at radius 2 is 2.19 bits per heavy atom. The van der Waals surface area contributed by atoms with Gasteiger partial charge >= 0.3 is 5.97 Å². The number of nitrogens with one attached hydrogen (secondary N) is 1. The molecular formula is C11H10N2O2S. The number of rotatable bonds is 3. The Labute approximate surface area is 96.7 Å². The van der Waals surface area contributed by atoms with Gasteiger partial charge in [-0.05, 0) is 36.7 Å². The van der Waals surface area contributed by atoms with Crippen molar-refractivity contribution in [2.75, 3.05) is 5.32 Å². The molecule has 0 saturated carbocycles. The molecule has 82 valence electrons. The number of hydrogen-bond acceptors (Lipinski definition) is 4. The van der Waals surface area contributed by atoms with E-state index in [1.165, 1.54) is 11.5 Å². The van der Waals surface area contributed by atoms with E-state index in [1.54, 1.807) is 24.3 Å². The van der Waals surface area contributed by atoms with E-state index in [0.29, 0.717) is 5.69 Å². The third-order valence-corrected chi connectivity index (χ3v) is 2.84. The lowest BCUT2D eigenvalue weighted by molar-refractivity contribution is 0.0698. The van der Waals surface area contributed by atoms with Gasteiger partial charge in [0.05, 0.1) is 16.9 Å². The molecule has 0 spiro atoms. The first kappa shape index (κ1) is 10.6. The fraction of sp³-hybridized carbons (Fsp3) is 0.0909. The average molecular weight is 234 g/mol. The predicted octanol–water partition coefficient (Wildman–Crippen LogP) is 2.89. The van der Waals surface area contributed by atoms with Crippen molar-refractivity contribution < 1.29 is 9.90 Å². The smallest absolute Gasteiger partial charge is 0.337 e. The Balaban J connectivity index is 2.31. The number of aryl methyl sites for hydroxylation is 1. The lowest BCUT2D eigenvalue weighted by Crippen LogP contribution is -2.01. The zero-order valence-corrected chi connectivity index (χ0v) is 9.41. The molecule has 0 aliphatic rings. The first-order valence-electron chi connectivity index (χ1n) is 4.69. The van der Waals surface area contributed by atoms with Gasteiger partial charge in [0.1, 0.15) is 5.00 Å². The number of aromatic carboxylic acids is 1. The highest BCUT2D eigenvalue weighted by atomic mass is 32.1. The minimum absolute atomic E-state index is 0.258. The summed E-state index contributed by atoms with van der Waals surface area (Å²) in [7, 11) is 0. The first-order chi connectivity index (χ1) is 7.66. The number of benzene rings is 1. The molecule has 2 N–H and O–H groups in total. The van der Waals surface area contributed by atoms with Crippen molar-refractivity contribution in [3.63, 3.8) is 0 Å². The van der Waals surface area contributed by atoms with Gasteiger partial charge in [-0.3, -0.25) is 0 Å². The molecule has 1 heterocycles. The Hall–Kier alpha value is -1.88. The summed E-state index contributed by atoms with van der Waals surface area (Å²) in [4.78, 5) is 11.0. The maximum Gasteiger partial charge on any atom is 0.337 e. The molecule has 0 fully saturated rings. The van der Waals surface area contributed by atoms with Crippen LogP contribution >= 0.6 is 11.5 Å².